The fraction of sp³-hybridized carbons (Fsp3) is 0.667. The standard InChI is InChI=1S/C27H40N4O3/c1-3-5-11-22(4-2)25(33)29-18-14-27(15-19-29)26(34)30(20-24(32)28-16-9-10-17-28)21-31(27)23-12-7-6-8-13-23/h6-8,12-13,22H,3-5,9-11,14-21H2,1-2H3. The monoisotopic (exact) mass is 468 g/mol. The lowest BCUT2D eigenvalue weighted by molar-refractivity contribution is -0.143. The fourth-order valence-corrected chi connectivity index (χ4v) is 5.86. The number of para-hydroxylation sites is 1. The van der Waals surface area contributed by atoms with E-state index in [4.69, 9.17) is 0 Å². The highest BCUT2D eigenvalue weighted by Crippen LogP contribution is 2.40. The molecule has 1 aromatic rings. The summed E-state index contributed by atoms with van der Waals surface area (Å²) in [7, 11) is 0. The molecule has 3 aliphatic heterocycles. The quantitative estimate of drug-likeness (QED) is 0.586. The van der Waals surface area contributed by atoms with Gasteiger partial charge in [-0.25, -0.2) is 0 Å². The minimum Gasteiger partial charge on any atom is -0.342 e. The lowest BCUT2D eigenvalue weighted by Crippen LogP contribution is -2.58. The number of benzene rings is 1. The van der Waals surface area contributed by atoms with Crippen molar-refractivity contribution in [1.82, 2.24) is 14.7 Å². The number of hydrogen-bond donors (Lipinski definition) is 0. The molecular formula is C27H40N4O3. The Hall–Kier alpha value is -2.57. The van der Waals surface area contributed by atoms with E-state index in [1.54, 1.807) is 4.90 Å². The molecule has 0 aliphatic carbocycles. The van der Waals surface area contributed by atoms with Crippen molar-refractivity contribution in [2.75, 3.05) is 44.3 Å². The lowest BCUT2D eigenvalue weighted by atomic mass is 9.84. The molecule has 7 nitrogen and oxygen atoms in total. The number of hydrogen-bond acceptors (Lipinski definition) is 4. The molecule has 0 saturated carbocycles. The Morgan fingerprint density at radius 1 is 0.971 bits per heavy atom. The molecule has 0 N–H and O–H groups in total. The second-order valence-electron chi connectivity index (χ2n) is 10.1. The zero-order chi connectivity index (χ0) is 24.1. The number of unbranched alkanes of at least 4 members (excludes halogenated alkanes) is 1. The Morgan fingerprint density at radius 2 is 1.65 bits per heavy atom. The van der Waals surface area contributed by atoms with Gasteiger partial charge in [-0.1, -0.05) is 44.9 Å². The summed E-state index contributed by atoms with van der Waals surface area (Å²) >= 11 is 0. The van der Waals surface area contributed by atoms with Crippen LogP contribution in [0.1, 0.15) is 65.2 Å². The van der Waals surface area contributed by atoms with Crippen LogP contribution < -0.4 is 4.90 Å². The molecule has 34 heavy (non-hydrogen) atoms. The van der Waals surface area contributed by atoms with Gasteiger partial charge in [0.1, 0.15) is 12.1 Å². The van der Waals surface area contributed by atoms with Gasteiger partial charge in [0.2, 0.25) is 11.8 Å². The van der Waals surface area contributed by atoms with Crippen LogP contribution in [0.25, 0.3) is 0 Å². The third-order valence-electron chi connectivity index (χ3n) is 8.02. The number of carbonyl (C=O) groups is 3. The van der Waals surface area contributed by atoms with Crippen molar-refractivity contribution >= 4 is 23.4 Å². The summed E-state index contributed by atoms with van der Waals surface area (Å²) in [6, 6.07) is 10.0. The number of carbonyl (C=O) groups excluding carboxylic acids is 3. The van der Waals surface area contributed by atoms with Crippen molar-refractivity contribution in [3.63, 3.8) is 0 Å². The van der Waals surface area contributed by atoms with Gasteiger partial charge in [-0.3, -0.25) is 14.4 Å². The van der Waals surface area contributed by atoms with Gasteiger partial charge in [-0.15, -0.1) is 0 Å². The third kappa shape index (κ3) is 4.80. The summed E-state index contributed by atoms with van der Waals surface area (Å²) in [6.45, 7) is 7.58. The van der Waals surface area contributed by atoms with E-state index in [0.29, 0.717) is 32.6 Å². The third-order valence-corrected chi connectivity index (χ3v) is 8.02. The number of nitrogens with zero attached hydrogens (tertiary/aromatic N) is 4. The Labute approximate surface area is 204 Å². The van der Waals surface area contributed by atoms with Crippen LogP contribution in [0.3, 0.4) is 0 Å². The van der Waals surface area contributed by atoms with Crippen LogP contribution in [-0.4, -0.2) is 77.4 Å². The van der Waals surface area contributed by atoms with Crippen LogP contribution >= 0.6 is 0 Å². The van der Waals surface area contributed by atoms with Gasteiger partial charge in [0.15, 0.2) is 0 Å². The van der Waals surface area contributed by atoms with Crippen LogP contribution in [0.4, 0.5) is 5.69 Å². The minimum atomic E-state index is -0.686. The second kappa shape index (κ2) is 10.8. The normalized spacial score (nSPS) is 20.9. The molecule has 186 valence electrons. The molecule has 3 fully saturated rings. The summed E-state index contributed by atoms with van der Waals surface area (Å²) in [5.41, 5.74) is 0.315. The average molecular weight is 469 g/mol. The molecule has 3 saturated heterocycles. The van der Waals surface area contributed by atoms with Crippen LogP contribution in [0.2, 0.25) is 0 Å². The van der Waals surface area contributed by atoms with Crippen molar-refractivity contribution in [2.45, 2.75) is 70.8 Å². The number of rotatable bonds is 8. The van der Waals surface area contributed by atoms with Crippen molar-refractivity contribution in [1.29, 1.82) is 0 Å². The first-order chi connectivity index (χ1) is 16.5. The van der Waals surface area contributed by atoms with E-state index in [0.717, 1.165) is 57.3 Å². The molecule has 0 bridgehead atoms. The molecule has 3 heterocycles. The number of likely N-dealkylation sites (tertiary alicyclic amines) is 2. The highest BCUT2D eigenvalue weighted by Gasteiger charge is 2.54. The van der Waals surface area contributed by atoms with Crippen molar-refractivity contribution < 1.29 is 14.4 Å². The Balaban J connectivity index is 1.50. The van der Waals surface area contributed by atoms with E-state index in [-0.39, 0.29) is 30.2 Å². The van der Waals surface area contributed by atoms with Gasteiger partial charge in [0, 0.05) is 37.8 Å². The van der Waals surface area contributed by atoms with Crippen LogP contribution in [0.5, 0.6) is 0 Å². The van der Waals surface area contributed by atoms with Gasteiger partial charge in [-0.05, 0) is 50.7 Å². The molecule has 3 amide bonds. The minimum absolute atomic E-state index is 0.0361. The van der Waals surface area contributed by atoms with E-state index < -0.39 is 5.54 Å². The molecule has 0 aromatic heterocycles. The average Bonchev–Trinajstić information content (AvgIpc) is 3.49. The van der Waals surface area contributed by atoms with Crippen LogP contribution in [-0.2, 0) is 14.4 Å². The molecule has 1 aromatic carbocycles. The maximum Gasteiger partial charge on any atom is 0.250 e. The predicted octanol–water partition coefficient (Wildman–Crippen LogP) is 3.49. The summed E-state index contributed by atoms with van der Waals surface area (Å²) in [4.78, 5) is 47.7. The number of anilines is 1. The Kier molecular flexibility index (Phi) is 7.79. The lowest BCUT2D eigenvalue weighted by Gasteiger charge is -2.44. The van der Waals surface area contributed by atoms with Crippen LogP contribution in [0, 0.1) is 5.92 Å². The first-order valence-electron chi connectivity index (χ1n) is 13.2. The first-order valence-corrected chi connectivity index (χ1v) is 13.2. The topological polar surface area (TPSA) is 64.2 Å². The van der Waals surface area contributed by atoms with Gasteiger partial charge in [0.05, 0.1) is 6.67 Å². The summed E-state index contributed by atoms with van der Waals surface area (Å²) < 4.78 is 0. The van der Waals surface area contributed by atoms with E-state index in [1.807, 2.05) is 40.1 Å². The van der Waals surface area contributed by atoms with E-state index in [2.05, 4.69) is 18.7 Å². The molecule has 0 radical (unpaired) electrons. The van der Waals surface area contributed by atoms with Crippen LogP contribution in [0.15, 0.2) is 30.3 Å². The summed E-state index contributed by atoms with van der Waals surface area (Å²) in [5, 5.41) is 0. The molecular weight excluding hydrogens is 428 g/mol. The van der Waals surface area contributed by atoms with Crippen molar-refractivity contribution in [2.24, 2.45) is 5.92 Å². The maximum absolute atomic E-state index is 13.8. The van der Waals surface area contributed by atoms with E-state index in [1.165, 1.54) is 0 Å². The molecule has 7 heteroatoms. The number of amides is 3. The second-order valence-corrected chi connectivity index (χ2v) is 10.1. The smallest absolute Gasteiger partial charge is 0.250 e. The maximum atomic E-state index is 13.8. The van der Waals surface area contributed by atoms with Crippen molar-refractivity contribution in [3.8, 4) is 0 Å². The fourth-order valence-electron chi connectivity index (χ4n) is 5.86. The van der Waals surface area contributed by atoms with Gasteiger partial charge in [0.25, 0.3) is 5.91 Å². The Bertz CT molecular complexity index is 860. The van der Waals surface area contributed by atoms with Gasteiger partial charge < -0.3 is 19.6 Å². The zero-order valence-electron chi connectivity index (χ0n) is 20.9. The first kappa shape index (κ1) is 24.6. The van der Waals surface area contributed by atoms with Crippen molar-refractivity contribution in [3.05, 3.63) is 30.3 Å². The highest BCUT2D eigenvalue weighted by atomic mass is 16.2. The number of piperidine rings is 1. The Morgan fingerprint density at radius 3 is 2.26 bits per heavy atom. The molecule has 4 rings (SSSR count). The summed E-state index contributed by atoms with van der Waals surface area (Å²) in [6.07, 6.45) is 7.26. The molecule has 3 aliphatic rings. The van der Waals surface area contributed by atoms with E-state index >= 15 is 0 Å². The summed E-state index contributed by atoms with van der Waals surface area (Å²) in [5.74, 6) is 0.399. The van der Waals surface area contributed by atoms with Gasteiger partial charge in [-0.2, -0.15) is 0 Å². The van der Waals surface area contributed by atoms with E-state index in [9.17, 15) is 14.4 Å². The largest absolute Gasteiger partial charge is 0.342 e. The van der Waals surface area contributed by atoms with Gasteiger partial charge >= 0.3 is 0 Å². The predicted molar refractivity (Wildman–Crippen MR) is 133 cm³/mol. The molecule has 1 spiro atoms. The molecule has 1 atom stereocenters. The SMILES string of the molecule is CCCCC(CC)C(=O)N1CCC2(CC1)C(=O)N(CC(=O)N1CCCC1)CN2c1ccccc1. The zero-order valence-corrected chi connectivity index (χ0v) is 20.9. The highest BCUT2D eigenvalue weighted by molar-refractivity contribution is 5.96. The molecule has 1 unspecified atom stereocenters.